The minimum absolute atomic E-state index is 0.0576. The fraction of sp³-hybridized carbons (Fsp3) is 0.231. The van der Waals surface area contributed by atoms with E-state index in [-0.39, 0.29) is 6.42 Å². The summed E-state index contributed by atoms with van der Waals surface area (Å²) in [5.41, 5.74) is 0. The molecule has 18 heavy (non-hydrogen) atoms. The number of nitrogens with zero attached hydrogens (tertiary/aromatic N) is 1. The fourth-order valence-corrected chi connectivity index (χ4v) is 1.70. The lowest BCUT2D eigenvalue weighted by Gasteiger charge is -2.08. The number of methoxy groups -OCH3 is 1. The number of nitrogens with one attached hydrogen (secondary N) is 1. The van der Waals surface area contributed by atoms with Crippen LogP contribution in [0.3, 0.4) is 0 Å². The molecule has 0 bridgehead atoms. The van der Waals surface area contributed by atoms with Crippen LogP contribution in [0.4, 0.5) is 5.82 Å². The Morgan fingerprint density at radius 1 is 1.44 bits per heavy atom. The standard InChI is InChI=1S/C13H14N2O3/c1-18-10-3-2-9-4-6-14-13(11(9)8-10)15-7-5-12(16)17/h2-4,6,8H,5,7H2,1H3,(H,14,15)(H,16,17). The second-order valence-electron chi connectivity index (χ2n) is 3.82. The molecule has 0 amide bonds. The lowest BCUT2D eigenvalue weighted by Crippen LogP contribution is -2.08. The van der Waals surface area contributed by atoms with Crippen LogP contribution in [0.2, 0.25) is 0 Å². The van der Waals surface area contributed by atoms with Crippen molar-refractivity contribution in [3.8, 4) is 5.75 Å². The molecule has 2 rings (SSSR count). The lowest BCUT2D eigenvalue weighted by atomic mass is 10.1. The number of carbonyl (C=O) groups is 1. The topological polar surface area (TPSA) is 71.5 Å². The van der Waals surface area contributed by atoms with E-state index in [0.29, 0.717) is 12.4 Å². The highest BCUT2D eigenvalue weighted by Gasteiger charge is 2.04. The van der Waals surface area contributed by atoms with Crippen LogP contribution < -0.4 is 10.1 Å². The van der Waals surface area contributed by atoms with Crippen LogP contribution in [0.25, 0.3) is 10.8 Å². The van der Waals surface area contributed by atoms with Crippen molar-refractivity contribution < 1.29 is 14.6 Å². The van der Waals surface area contributed by atoms with Gasteiger partial charge in [-0.2, -0.15) is 0 Å². The number of carboxylic acid groups (broad SMARTS) is 1. The van der Waals surface area contributed by atoms with Crippen LogP contribution in [0.5, 0.6) is 5.75 Å². The molecule has 1 aromatic heterocycles. The zero-order chi connectivity index (χ0) is 13.0. The van der Waals surface area contributed by atoms with Gasteiger partial charge in [-0.25, -0.2) is 4.98 Å². The molecule has 94 valence electrons. The van der Waals surface area contributed by atoms with E-state index in [2.05, 4.69) is 10.3 Å². The summed E-state index contributed by atoms with van der Waals surface area (Å²) in [6, 6.07) is 7.60. The number of carboxylic acids is 1. The third-order valence-electron chi connectivity index (χ3n) is 2.60. The van der Waals surface area contributed by atoms with Gasteiger partial charge >= 0.3 is 5.97 Å². The summed E-state index contributed by atoms with van der Waals surface area (Å²) < 4.78 is 5.17. The van der Waals surface area contributed by atoms with E-state index in [1.54, 1.807) is 13.3 Å². The highest BCUT2D eigenvalue weighted by molar-refractivity contribution is 5.92. The van der Waals surface area contributed by atoms with Gasteiger partial charge in [-0.05, 0) is 23.6 Å². The first-order valence-corrected chi connectivity index (χ1v) is 5.59. The largest absolute Gasteiger partial charge is 0.497 e. The van der Waals surface area contributed by atoms with Crippen molar-refractivity contribution in [1.29, 1.82) is 0 Å². The number of benzene rings is 1. The van der Waals surface area contributed by atoms with Crippen molar-refractivity contribution in [3.05, 3.63) is 30.5 Å². The third-order valence-corrected chi connectivity index (χ3v) is 2.60. The maximum Gasteiger partial charge on any atom is 0.305 e. The number of hydrogen-bond donors (Lipinski definition) is 2. The SMILES string of the molecule is COc1ccc2ccnc(NCCC(=O)O)c2c1. The molecule has 0 atom stereocenters. The van der Waals surface area contributed by atoms with Crippen LogP contribution in [0, 0.1) is 0 Å². The fourth-order valence-electron chi connectivity index (χ4n) is 1.70. The van der Waals surface area contributed by atoms with E-state index in [9.17, 15) is 4.79 Å². The molecule has 0 aliphatic heterocycles. The van der Waals surface area contributed by atoms with Gasteiger partial charge in [0.05, 0.1) is 13.5 Å². The Kier molecular flexibility index (Phi) is 3.62. The molecule has 0 aliphatic rings. The molecule has 0 saturated carbocycles. The first-order valence-electron chi connectivity index (χ1n) is 5.59. The van der Waals surface area contributed by atoms with Gasteiger partial charge in [0.2, 0.25) is 0 Å². The number of anilines is 1. The highest BCUT2D eigenvalue weighted by Crippen LogP contribution is 2.25. The molecule has 5 nitrogen and oxygen atoms in total. The monoisotopic (exact) mass is 246 g/mol. The van der Waals surface area contributed by atoms with Gasteiger partial charge in [-0.15, -0.1) is 0 Å². The maximum absolute atomic E-state index is 10.5. The van der Waals surface area contributed by atoms with Crippen molar-refractivity contribution in [2.75, 3.05) is 19.0 Å². The van der Waals surface area contributed by atoms with E-state index in [4.69, 9.17) is 9.84 Å². The Morgan fingerprint density at radius 2 is 2.28 bits per heavy atom. The average Bonchev–Trinajstić information content (AvgIpc) is 2.38. The van der Waals surface area contributed by atoms with E-state index < -0.39 is 5.97 Å². The molecule has 0 spiro atoms. The molecule has 0 saturated heterocycles. The van der Waals surface area contributed by atoms with E-state index in [0.717, 1.165) is 16.5 Å². The molecule has 2 aromatic rings. The van der Waals surface area contributed by atoms with Crippen LogP contribution in [-0.2, 0) is 4.79 Å². The first-order chi connectivity index (χ1) is 8.70. The Hall–Kier alpha value is -2.30. The molecule has 0 unspecified atom stereocenters. The Labute approximate surface area is 104 Å². The van der Waals surface area contributed by atoms with E-state index in [1.165, 1.54) is 0 Å². The van der Waals surface area contributed by atoms with E-state index in [1.807, 2.05) is 24.3 Å². The van der Waals surface area contributed by atoms with Gasteiger partial charge in [0.15, 0.2) is 0 Å². The summed E-state index contributed by atoms with van der Waals surface area (Å²) in [4.78, 5) is 14.7. The summed E-state index contributed by atoms with van der Waals surface area (Å²) in [6.07, 6.45) is 1.75. The zero-order valence-electron chi connectivity index (χ0n) is 10.0. The molecule has 2 N–H and O–H groups in total. The number of aliphatic carboxylic acids is 1. The quantitative estimate of drug-likeness (QED) is 0.845. The molecular weight excluding hydrogens is 232 g/mol. The third kappa shape index (κ3) is 2.68. The van der Waals surface area contributed by atoms with Crippen LogP contribution in [0.1, 0.15) is 6.42 Å². The van der Waals surface area contributed by atoms with Crippen molar-refractivity contribution >= 4 is 22.6 Å². The van der Waals surface area contributed by atoms with Crippen molar-refractivity contribution in [1.82, 2.24) is 4.98 Å². The molecule has 0 aliphatic carbocycles. The van der Waals surface area contributed by atoms with Gasteiger partial charge in [0.25, 0.3) is 0 Å². The molecule has 1 heterocycles. The minimum atomic E-state index is -0.833. The lowest BCUT2D eigenvalue weighted by molar-refractivity contribution is -0.136. The molecule has 1 aromatic carbocycles. The van der Waals surface area contributed by atoms with Crippen molar-refractivity contribution in [2.24, 2.45) is 0 Å². The van der Waals surface area contributed by atoms with Gasteiger partial charge < -0.3 is 15.2 Å². The Balaban J connectivity index is 2.28. The predicted octanol–water partition coefficient (Wildman–Crippen LogP) is 2.13. The summed E-state index contributed by atoms with van der Waals surface area (Å²) in [5, 5.41) is 13.6. The van der Waals surface area contributed by atoms with Gasteiger partial charge in [0, 0.05) is 18.1 Å². The van der Waals surface area contributed by atoms with Crippen LogP contribution >= 0.6 is 0 Å². The highest BCUT2D eigenvalue weighted by atomic mass is 16.5. The predicted molar refractivity (Wildman–Crippen MR) is 69.0 cm³/mol. The molecule has 5 heteroatoms. The van der Waals surface area contributed by atoms with Gasteiger partial charge in [0.1, 0.15) is 11.6 Å². The smallest absolute Gasteiger partial charge is 0.305 e. The Bertz CT molecular complexity index is 569. The number of pyridine rings is 1. The zero-order valence-corrected chi connectivity index (χ0v) is 10.0. The first kappa shape index (κ1) is 12.2. The number of hydrogen-bond acceptors (Lipinski definition) is 4. The summed E-state index contributed by atoms with van der Waals surface area (Å²) in [7, 11) is 1.61. The summed E-state index contributed by atoms with van der Waals surface area (Å²) in [5.74, 6) is 0.588. The second-order valence-corrected chi connectivity index (χ2v) is 3.82. The average molecular weight is 246 g/mol. The van der Waals surface area contributed by atoms with Gasteiger partial charge in [-0.3, -0.25) is 4.79 Å². The number of ether oxygens (including phenoxy) is 1. The second kappa shape index (κ2) is 5.35. The molecule has 0 fully saturated rings. The Morgan fingerprint density at radius 3 is 3.00 bits per heavy atom. The number of aromatic nitrogens is 1. The van der Waals surface area contributed by atoms with Crippen LogP contribution in [0.15, 0.2) is 30.5 Å². The normalized spacial score (nSPS) is 10.3. The molecule has 0 radical (unpaired) electrons. The van der Waals surface area contributed by atoms with Crippen LogP contribution in [-0.4, -0.2) is 29.7 Å². The van der Waals surface area contributed by atoms with Crippen molar-refractivity contribution in [2.45, 2.75) is 6.42 Å². The minimum Gasteiger partial charge on any atom is -0.497 e. The summed E-state index contributed by atoms with van der Waals surface area (Å²) in [6.45, 7) is 0.346. The molecular formula is C13H14N2O3. The number of fused-ring (bicyclic) bond motifs is 1. The van der Waals surface area contributed by atoms with Gasteiger partial charge in [-0.1, -0.05) is 6.07 Å². The van der Waals surface area contributed by atoms with E-state index >= 15 is 0 Å². The van der Waals surface area contributed by atoms with Crippen molar-refractivity contribution in [3.63, 3.8) is 0 Å². The summed E-state index contributed by atoms with van der Waals surface area (Å²) >= 11 is 0. The number of rotatable bonds is 5. The maximum atomic E-state index is 10.5.